The Morgan fingerprint density at radius 1 is 1.10 bits per heavy atom. The quantitative estimate of drug-likeness (QED) is 0.356. The van der Waals surface area contributed by atoms with E-state index in [9.17, 15) is 10.2 Å². The number of fused-ring (bicyclic) bond motifs is 1. The molecule has 206 valence electrons. The van der Waals surface area contributed by atoms with Crippen molar-refractivity contribution in [2.75, 3.05) is 44.8 Å². The summed E-state index contributed by atoms with van der Waals surface area (Å²) in [6.45, 7) is 10.2. The van der Waals surface area contributed by atoms with Gasteiger partial charge in [0.15, 0.2) is 0 Å². The van der Waals surface area contributed by atoms with Gasteiger partial charge >= 0.3 is 0 Å². The summed E-state index contributed by atoms with van der Waals surface area (Å²) in [5.74, 6) is 2.64. The van der Waals surface area contributed by atoms with Gasteiger partial charge in [0.1, 0.15) is 30.0 Å². The number of allylic oxidation sites excluding steroid dienone is 1. The van der Waals surface area contributed by atoms with Crippen LogP contribution in [0.3, 0.4) is 0 Å². The molecule has 2 aliphatic rings. The van der Waals surface area contributed by atoms with Crippen molar-refractivity contribution in [1.29, 1.82) is 0 Å². The lowest BCUT2D eigenvalue weighted by molar-refractivity contribution is 0.169. The molecule has 0 aromatic heterocycles. The Morgan fingerprint density at radius 3 is 2.59 bits per heavy atom. The van der Waals surface area contributed by atoms with E-state index in [-0.39, 0.29) is 18.5 Å². The van der Waals surface area contributed by atoms with E-state index in [1.54, 1.807) is 12.1 Å². The van der Waals surface area contributed by atoms with Gasteiger partial charge in [-0.3, -0.25) is 4.90 Å². The summed E-state index contributed by atoms with van der Waals surface area (Å²) in [6.07, 6.45) is 0.911. The van der Waals surface area contributed by atoms with Crippen molar-refractivity contribution in [1.82, 2.24) is 4.90 Å². The molecule has 0 amide bonds. The van der Waals surface area contributed by atoms with E-state index in [2.05, 4.69) is 49.9 Å². The molecule has 1 saturated heterocycles. The number of anilines is 1. The average Bonchev–Trinajstić information content (AvgIpc) is 3.38. The summed E-state index contributed by atoms with van der Waals surface area (Å²) in [7, 11) is 1.96. The fourth-order valence-corrected chi connectivity index (χ4v) is 5.67. The Hall–Kier alpha value is -3.48. The van der Waals surface area contributed by atoms with Crippen molar-refractivity contribution in [2.45, 2.75) is 39.3 Å². The molecule has 3 unspecified atom stereocenters. The predicted molar refractivity (Wildman–Crippen MR) is 158 cm³/mol. The van der Waals surface area contributed by atoms with Crippen molar-refractivity contribution in [3.63, 3.8) is 0 Å². The zero-order chi connectivity index (χ0) is 27.5. The van der Waals surface area contributed by atoms with Gasteiger partial charge in [0.25, 0.3) is 0 Å². The molecular weight excluding hydrogens is 488 g/mol. The average molecular weight is 529 g/mol. The maximum absolute atomic E-state index is 10.3. The van der Waals surface area contributed by atoms with Crippen LogP contribution < -0.4 is 14.4 Å². The van der Waals surface area contributed by atoms with E-state index in [1.807, 2.05) is 42.3 Å². The second-order valence-electron chi connectivity index (χ2n) is 11.0. The zero-order valence-corrected chi connectivity index (χ0v) is 23.4. The normalized spacial score (nSPS) is 19.9. The number of ether oxygens (including phenoxy) is 2. The van der Waals surface area contributed by atoms with Crippen molar-refractivity contribution < 1.29 is 19.7 Å². The molecule has 39 heavy (non-hydrogen) atoms. The fraction of sp³-hybridized carbons (Fsp3) is 0.394. The number of phenols is 1. The lowest BCUT2D eigenvalue weighted by Crippen LogP contribution is -2.35. The molecule has 2 N–H and O–H groups in total. The summed E-state index contributed by atoms with van der Waals surface area (Å²) >= 11 is 0. The lowest BCUT2D eigenvalue weighted by Gasteiger charge is -2.32. The number of rotatable bonds is 9. The minimum Gasteiger partial charge on any atom is -0.508 e. The molecule has 0 bridgehead atoms. The first kappa shape index (κ1) is 27.1. The molecule has 1 fully saturated rings. The number of phenolic OH excluding ortho intramolecular Hbond substituents is 1. The Kier molecular flexibility index (Phi) is 8.15. The topological polar surface area (TPSA) is 65.4 Å². The first-order chi connectivity index (χ1) is 18.8. The number of aliphatic hydroxyl groups is 1. The van der Waals surface area contributed by atoms with Gasteiger partial charge in [0, 0.05) is 49.1 Å². The van der Waals surface area contributed by atoms with Gasteiger partial charge in [0.2, 0.25) is 0 Å². The third kappa shape index (κ3) is 5.92. The third-order valence-corrected chi connectivity index (χ3v) is 8.07. The number of benzene rings is 3. The molecule has 0 spiro atoms. The highest BCUT2D eigenvalue weighted by atomic mass is 16.5. The van der Waals surface area contributed by atoms with Gasteiger partial charge in [-0.1, -0.05) is 31.2 Å². The number of aliphatic hydroxyl groups excluding tert-OH is 1. The molecule has 0 radical (unpaired) electrons. The van der Waals surface area contributed by atoms with E-state index >= 15 is 0 Å². The standard InChI is InChI=1S/C33H40N2O4/c1-22-14-15-35(20-22)23(2)21-38-29-11-8-25(9-12-29)33-32(26-6-5-7-28(37)18-26)24(3)30-13-10-27(19-31(30)39-33)34(4)16-17-36/h5-13,18-19,22-23,33,36-37H,14-17,20-21H2,1-4H3. The van der Waals surface area contributed by atoms with Crippen molar-refractivity contribution in [3.8, 4) is 17.2 Å². The minimum atomic E-state index is -0.350. The van der Waals surface area contributed by atoms with E-state index in [0.29, 0.717) is 19.2 Å². The molecule has 3 aromatic carbocycles. The molecule has 3 aromatic rings. The highest BCUT2D eigenvalue weighted by Crippen LogP contribution is 2.48. The largest absolute Gasteiger partial charge is 0.508 e. The van der Waals surface area contributed by atoms with Crippen molar-refractivity contribution in [3.05, 3.63) is 83.4 Å². The van der Waals surface area contributed by atoms with Gasteiger partial charge in [-0.15, -0.1) is 0 Å². The molecule has 5 rings (SSSR count). The van der Waals surface area contributed by atoms with Gasteiger partial charge in [-0.05, 0) is 85.8 Å². The molecule has 6 heteroatoms. The molecule has 6 nitrogen and oxygen atoms in total. The molecular formula is C33H40N2O4. The number of hydrogen-bond acceptors (Lipinski definition) is 6. The van der Waals surface area contributed by atoms with E-state index in [0.717, 1.165) is 64.0 Å². The number of aromatic hydroxyl groups is 1. The van der Waals surface area contributed by atoms with Crippen LogP contribution in [-0.4, -0.2) is 61.1 Å². The Labute approximate surface area is 232 Å². The van der Waals surface area contributed by atoms with Crippen LogP contribution >= 0.6 is 0 Å². The van der Waals surface area contributed by atoms with Crippen LogP contribution in [0.4, 0.5) is 5.69 Å². The monoisotopic (exact) mass is 528 g/mol. The first-order valence-corrected chi connectivity index (χ1v) is 13.9. The molecule has 2 heterocycles. The Balaban J connectivity index is 1.43. The second kappa shape index (κ2) is 11.7. The highest BCUT2D eigenvalue weighted by Gasteiger charge is 2.30. The summed E-state index contributed by atoms with van der Waals surface area (Å²) in [5.41, 5.74) is 6.09. The first-order valence-electron chi connectivity index (χ1n) is 13.9. The summed E-state index contributed by atoms with van der Waals surface area (Å²) in [6, 6.07) is 22.1. The van der Waals surface area contributed by atoms with Crippen LogP contribution in [-0.2, 0) is 0 Å². The lowest BCUT2D eigenvalue weighted by atomic mass is 9.86. The molecule has 0 saturated carbocycles. The SMILES string of the molecule is CC1=C(c2cccc(O)c2)C(c2ccc(OCC(C)N3CCC(C)C3)cc2)Oc2cc(N(C)CCO)ccc21. The minimum absolute atomic E-state index is 0.0853. The summed E-state index contributed by atoms with van der Waals surface area (Å²) in [5, 5.41) is 19.6. The van der Waals surface area contributed by atoms with E-state index in [4.69, 9.17) is 9.47 Å². The number of nitrogens with zero attached hydrogens (tertiary/aromatic N) is 2. The van der Waals surface area contributed by atoms with Gasteiger partial charge in [0.05, 0.1) is 6.61 Å². The zero-order valence-electron chi connectivity index (χ0n) is 23.4. The van der Waals surface area contributed by atoms with Crippen LogP contribution in [0.1, 0.15) is 50.0 Å². The molecule has 0 aliphatic carbocycles. The Morgan fingerprint density at radius 2 is 1.90 bits per heavy atom. The smallest absolute Gasteiger partial charge is 0.150 e. The van der Waals surface area contributed by atoms with E-state index in [1.165, 1.54) is 6.42 Å². The second-order valence-corrected chi connectivity index (χ2v) is 11.0. The van der Waals surface area contributed by atoms with Crippen molar-refractivity contribution >= 4 is 16.8 Å². The number of hydrogen-bond donors (Lipinski definition) is 2. The van der Waals surface area contributed by atoms with Crippen LogP contribution in [0.15, 0.2) is 66.7 Å². The fourth-order valence-electron chi connectivity index (χ4n) is 5.67. The maximum atomic E-state index is 10.3. The van der Waals surface area contributed by atoms with Crippen LogP contribution in [0.2, 0.25) is 0 Å². The third-order valence-electron chi connectivity index (χ3n) is 8.07. The summed E-state index contributed by atoms with van der Waals surface area (Å²) in [4.78, 5) is 4.52. The van der Waals surface area contributed by atoms with Crippen molar-refractivity contribution in [2.24, 2.45) is 5.92 Å². The number of likely N-dealkylation sites (tertiary alicyclic amines) is 1. The Bertz CT molecular complexity index is 1320. The van der Waals surface area contributed by atoms with Crippen LogP contribution in [0.5, 0.6) is 17.2 Å². The van der Waals surface area contributed by atoms with Gasteiger partial charge in [-0.2, -0.15) is 0 Å². The molecule has 2 aliphatic heterocycles. The maximum Gasteiger partial charge on any atom is 0.150 e. The summed E-state index contributed by atoms with van der Waals surface area (Å²) < 4.78 is 12.9. The van der Waals surface area contributed by atoms with Gasteiger partial charge in [-0.25, -0.2) is 0 Å². The predicted octanol–water partition coefficient (Wildman–Crippen LogP) is 5.99. The molecule has 3 atom stereocenters. The number of likely N-dealkylation sites (N-methyl/N-ethyl adjacent to an activating group) is 1. The highest BCUT2D eigenvalue weighted by molar-refractivity contribution is 5.96. The van der Waals surface area contributed by atoms with Crippen LogP contribution in [0, 0.1) is 5.92 Å². The van der Waals surface area contributed by atoms with Gasteiger partial charge < -0.3 is 24.6 Å². The van der Waals surface area contributed by atoms with Crippen LogP contribution in [0.25, 0.3) is 11.1 Å². The van der Waals surface area contributed by atoms with E-state index < -0.39 is 0 Å².